The summed E-state index contributed by atoms with van der Waals surface area (Å²) in [6, 6.07) is 16.1. The predicted octanol–water partition coefficient (Wildman–Crippen LogP) is 2.95. The van der Waals surface area contributed by atoms with Crippen LogP contribution in [0.1, 0.15) is 24.5 Å². The fourth-order valence-electron chi connectivity index (χ4n) is 4.70. The van der Waals surface area contributed by atoms with Crippen LogP contribution in [0.5, 0.6) is 5.75 Å². The van der Waals surface area contributed by atoms with Crippen molar-refractivity contribution in [3.63, 3.8) is 0 Å². The van der Waals surface area contributed by atoms with E-state index in [1.165, 1.54) is 0 Å². The molecule has 2 aromatic carbocycles. The first-order valence-corrected chi connectivity index (χ1v) is 9.44. The summed E-state index contributed by atoms with van der Waals surface area (Å²) in [5.41, 5.74) is 8.50. The smallest absolute Gasteiger partial charge is 0.283 e. The van der Waals surface area contributed by atoms with Crippen LogP contribution in [-0.4, -0.2) is 31.4 Å². The molecule has 6 nitrogen and oxygen atoms in total. The molecule has 28 heavy (non-hydrogen) atoms. The second kappa shape index (κ2) is 5.98. The molecule has 0 bridgehead atoms. The Balaban J connectivity index is 1.69. The molecule has 142 valence electrons. The zero-order valence-corrected chi connectivity index (χ0v) is 15.6. The molecular formula is C22H21N3O3. The maximum absolute atomic E-state index is 9.22. The quantitative estimate of drug-likeness (QED) is 0.828. The highest BCUT2D eigenvalue weighted by Crippen LogP contribution is 2.54. The number of nitrogens with two attached hydrogens (primary N) is 1. The Morgan fingerprint density at radius 3 is 2.86 bits per heavy atom. The van der Waals surface area contributed by atoms with Gasteiger partial charge in [0.1, 0.15) is 23.5 Å². The molecule has 5 rings (SSSR count). The number of benzene rings is 2. The second-order valence-electron chi connectivity index (χ2n) is 7.86. The van der Waals surface area contributed by atoms with Gasteiger partial charge >= 0.3 is 0 Å². The molecule has 0 saturated carbocycles. The highest BCUT2D eigenvalue weighted by molar-refractivity contribution is 5.76. The Hall–Kier alpha value is -3.04. The van der Waals surface area contributed by atoms with Crippen LogP contribution in [0.3, 0.4) is 0 Å². The summed E-state index contributed by atoms with van der Waals surface area (Å²) >= 11 is 0. The van der Waals surface area contributed by atoms with Crippen molar-refractivity contribution in [1.29, 1.82) is 5.26 Å². The lowest BCUT2D eigenvalue weighted by Crippen LogP contribution is -2.59. The molecule has 6 heteroatoms. The molecule has 0 amide bonds. The number of fused-ring (bicyclic) bond motifs is 4. The first-order valence-electron chi connectivity index (χ1n) is 9.44. The van der Waals surface area contributed by atoms with Gasteiger partial charge < -0.3 is 19.9 Å². The van der Waals surface area contributed by atoms with Crippen LogP contribution in [0.15, 0.2) is 47.5 Å². The van der Waals surface area contributed by atoms with Crippen LogP contribution in [0, 0.1) is 17.2 Å². The summed E-state index contributed by atoms with van der Waals surface area (Å²) in [6.45, 7) is 3.71. The zero-order chi connectivity index (χ0) is 19.4. The number of nitrogens with zero attached hydrogens (tertiary/aromatic N) is 2. The van der Waals surface area contributed by atoms with Gasteiger partial charge in [-0.1, -0.05) is 18.2 Å². The van der Waals surface area contributed by atoms with Gasteiger partial charge in [-0.05, 0) is 42.3 Å². The monoisotopic (exact) mass is 375 g/mol. The maximum atomic E-state index is 9.22. The number of nitriles is 1. The van der Waals surface area contributed by atoms with Gasteiger partial charge in [-0.15, -0.1) is 0 Å². The van der Waals surface area contributed by atoms with Gasteiger partial charge in [0.2, 0.25) is 0 Å². The van der Waals surface area contributed by atoms with Crippen molar-refractivity contribution in [2.75, 3.05) is 19.8 Å². The lowest BCUT2D eigenvalue weighted by molar-refractivity contribution is -0.129. The van der Waals surface area contributed by atoms with Gasteiger partial charge in [0, 0.05) is 12.0 Å². The van der Waals surface area contributed by atoms with Crippen LogP contribution >= 0.6 is 0 Å². The second-order valence-corrected chi connectivity index (χ2v) is 7.86. The molecule has 2 unspecified atom stereocenters. The summed E-state index contributed by atoms with van der Waals surface area (Å²) < 4.78 is 17.9. The average molecular weight is 375 g/mol. The number of hydrogen-bond acceptors (Lipinski definition) is 6. The molecule has 3 aliphatic heterocycles. The topological polar surface area (TPSA) is 89.9 Å². The van der Waals surface area contributed by atoms with Crippen molar-refractivity contribution in [3.05, 3.63) is 53.6 Å². The highest BCUT2D eigenvalue weighted by Gasteiger charge is 2.59. The Morgan fingerprint density at radius 1 is 1.21 bits per heavy atom. The number of amidine groups is 1. The maximum Gasteiger partial charge on any atom is 0.283 e. The lowest BCUT2D eigenvalue weighted by Gasteiger charge is -2.52. The van der Waals surface area contributed by atoms with Gasteiger partial charge in [-0.25, -0.2) is 4.99 Å². The van der Waals surface area contributed by atoms with Crippen LogP contribution in [-0.2, 0) is 15.0 Å². The van der Waals surface area contributed by atoms with E-state index in [1.54, 1.807) is 6.07 Å². The summed E-state index contributed by atoms with van der Waals surface area (Å²) in [5.74, 6) is 0.811. The molecule has 3 atom stereocenters. The van der Waals surface area contributed by atoms with Gasteiger partial charge in [-0.3, -0.25) is 0 Å². The first kappa shape index (κ1) is 17.1. The fraction of sp³-hybridized carbons (Fsp3) is 0.364. The van der Waals surface area contributed by atoms with Crippen molar-refractivity contribution in [2.24, 2.45) is 16.6 Å². The van der Waals surface area contributed by atoms with E-state index in [0.717, 1.165) is 28.9 Å². The van der Waals surface area contributed by atoms with Crippen LogP contribution in [0.25, 0.3) is 11.1 Å². The van der Waals surface area contributed by atoms with E-state index in [4.69, 9.17) is 24.9 Å². The third-order valence-corrected chi connectivity index (χ3v) is 6.20. The van der Waals surface area contributed by atoms with E-state index in [2.05, 4.69) is 19.1 Å². The van der Waals surface area contributed by atoms with Crippen molar-refractivity contribution in [2.45, 2.75) is 24.5 Å². The SMILES string of the molecule is C[C@@]12CCOCC1C1(COC(N)=N1)c1cc(-c3cccc(C#N)c3)ccc1O2. The van der Waals surface area contributed by atoms with E-state index < -0.39 is 5.54 Å². The number of aliphatic imine (C=N–C) groups is 1. The van der Waals surface area contributed by atoms with E-state index in [9.17, 15) is 5.26 Å². The molecule has 3 heterocycles. The van der Waals surface area contributed by atoms with E-state index in [0.29, 0.717) is 25.4 Å². The van der Waals surface area contributed by atoms with Gasteiger partial charge in [-0.2, -0.15) is 5.26 Å². The van der Waals surface area contributed by atoms with Gasteiger partial charge in [0.05, 0.1) is 30.8 Å². The normalized spacial score (nSPS) is 30.4. The van der Waals surface area contributed by atoms with Crippen molar-refractivity contribution >= 4 is 6.02 Å². The number of ether oxygens (including phenoxy) is 3. The van der Waals surface area contributed by atoms with Crippen LogP contribution in [0.4, 0.5) is 0 Å². The molecule has 0 aromatic heterocycles. The largest absolute Gasteiger partial charge is 0.487 e. The molecule has 1 saturated heterocycles. The van der Waals surface area contributed by atoms with Crippen molar-refractivity contribution < 1.29 is 14.2 Å². The number of hydrogen-bond donors (Lipinski definition) is 1. The van der Waals surface area contributed by atoms with Gasteiger partial charge in [0.25, 0.3) is 6.02 Å². The summed E-state index contributed by atoms with van der Waals surface area (Å²) in [4.78, 5) is 4.78. The van der Waals surface area contributed by atoms with Crippen molar-refractivity contribution in [3.8, 4) is 22.9 Å². The molecule has 1 spiro atoms. The molecule has 2 aromatic rings. The standard InChI is InChI=1S/C22H21N3O3/c1-21-7-8-26-12-19(21)22(13-27-20(24)25-22)17-10-16(5-6-18(17)28-21)15-4-2-3-14(9-15)11-23/h2-6,9-10,19H,7-8,12-13H2,1H3,(H2,24,25)/t19?,21-,22?/m1/s1. The minimum atomic E-state index is -0.629. The summed E-state index contributed by atoms with van der Waals surface area (Å²) in [5, 5.41) is 9.22. The predicted molar refractivity (Wildman–Crippen MR) is 104 cm³/mol. The molecule has 2 N–H and O–H groups in total. The average Bonchev–Trinajstić information content (AvgIpc) is 3.10. The first-order chi connectivity index (χ1) is 13.5. The molecule has 1 fully saturated rings. The molecule has 0 aliphatic carbocycles. The lowest BCUT2D eigenvalue weighted by atomic mass is 9.66. The van der Waals surface area contributed by atoms with E-state index in [1.807, 2.05) is 30.3 Å². The number of rotatable bonds is 1. The van der Waals surface area contributed by atoms with Crippen LogP contribution < -0.4 is 10.5 Å². The van der Waals surface area contributed by atoms with E-state index in [-0.39, 0.29) is 17.5 Å². The molecule has 0 radical (unpaired) electrons. The minimum Gasteiger partial charge on any atom is -0.487 e. The van der Waals surface area contributed by atoms with Gasteiger partial charge in [0.15, 0.2) is 0 Å². The third-order valence-electron chi connectivity index (χ3n) is 6.20. The van der Waals surface area contributed by atoms with Crippen LogP contribution in [0.2, 0.25) is 0 Å². The Labute approximate surface area is 163 Å². The Kier molecular flexibility index (Phi) is 3.65. The highest BCUT2D eigenvalue weighted by atomic mass is 16.5. The minimum absolute atomic E-state index is 0.00277. The molecular weight excluding hydrogens is 354 g/mol. The third kappa shape index (κ3) is 2.40. The summed E-state index contributed by atoms with van der Waals surface area (Å²) in [7, 11) is 0. The Bertz CT molecular complexity index is 1030. The molecule has 3 aliphatic rings. The van der Waals surface area contributed by atoms with Crippen molar-refractivity contribution in [1.82, 2.24) is 0 Å². The summed E-state index contributed by atoms with van der Waals surface area (Å²) in [6.07, 6.45) is 0.792. The fourth-order valence-corrected chi connectivity index (χ4v) is 4.70. The Morgan fingerprint density at radius 2 is 2.07 bits per heavy atom. The van der Waals surface area contributed by atoms with E-state index >= 15 is 0 Å². The zero-order valence-electron chi connectivity index (χ0n) is 15.6.